The zero-order chi connectivity index (χ0) is 15.4. The normalized spacial score (nSPS) is 11.3. The summed E-state index contributed by atoms with van der Waals surface area (Å²) in [4.78, 5) is 0. The molecule has 21 heavy (non-hydrogen) atoms. The quantitative estimate of drug-likeness (QED) is 0.888. The Labute approximate surface area is 128 Å². The van der Waals surface area contributed by atoms with Crippen molar-refractivity contribution < 1.29 is 9.50 Å². The first-order valence-corrected chi connectivity index (χ1v) is 7.46. The summed E-state index contributed by atoms with van der Waals surface area (Å²) in [5.41, 5.74) is 1.80. The van der Waals surface area contributed by atoms with Gasteiger partial charge in [-0.3, -0.25) is 0 Å². The lowest BCUT2D eigenvalue weighted by Crippen LogP contribution is -2.12. The Bertz CT molecular complexity index is 591. The van der Waals surface area contributed by atoms with E-state index in [9.17, 15) is 9.50 Å². The maximum atomic E-state index is 13.9. The van der Waals surface area contributed by atoms with Crippen LogP contribution in [0.2, 0.25) is 5.02 Å². The van der Waals surface area contributed by atoms with Gasteiger partial charge in [0.1, 0.15) is 11.5 Å². The van der Waals surface area contributed by atoms with Crippen LogP contribution < -0.4 is 0 Å². The molecule has 4 nitrogen and oxygen atoms in total. The molecule has 1 aromatic carbocycles. The van der Waals surface area contributed by atoms with Crippen LogP contribution in [0.1, 0.15) is 49.6 Å². The number of hydrogen-bond donors (Lipinski definition) is 1. The van der Waals surface area contributed by atoms with Crippen molar-refractivity contribution in [1.29, 1.82) is 0 Å². The summed E-state index contributed by atoms with van der Waals surface area (Å²) in [7, 11) is 0. The second-order valence-corrected chi connectivity index (χ2v) is 5.36. The van der Waals surface area contributed by atoms with E-state index in [1.165, 1.54) is 6.07 Å². The minimum absolute atomic E-state index is 0.170. The Morgan fingerprint density at radius 1 is 1.33 bits per heavy atom. The summed E-state index contributed by atoms with van der Waals surface area (Å²) in [5, 5.41) is 17.9. The van der Waals surface area contributed by atoms with E-state index in [0.717, 1.165) is 18.5 Å². The van der Waals surface area contributed by atoms with Crippen molar-refractivity contribution in [3.63, 3.8) is 0 Å². The third kappa shape index (κ3) is 3.24. The molecule has 1 N–H and O–H groups in total. The van der Waals surface area contributed by atoms with Gasteiger partial charge in [-0.1, -0.05) is 36.7 Å². The molecule has 0 amide bonds. The fraction of sp³-hybridized carbons (Fsp3) is 0.467. The monoisotopic (exact) mass is 311 g/mol. The Morgan fingerprint density at radius 2 is 2.05 bits per heavy atom. The van der Waals surface area contributed by atoms with E-state index in [-0.39, 0.29) is 24.9 Å². The lowest BCUT2D eigenvalue weighted by molar-refractivity contribution is 0.274. The molecule has 2 aromatic rings. The molecular formula is C15H19ClFN3O. The average molecular weight is 312 g/mol. The molecule has 0 aliphatic heterocycles. The first kappa shape index (κ1) is 15.9. The number of aromatic nitrogens is 3. The zero-order valence-corrected chi connectivity index (χ0v) is 12.9. The number of rotatable bonds is 6. The number of aliphatic hydroxyl groups excluding tert-OH is 1. The van der Waals surface area contributed by atoms with Crippen LogP contribution in [0, 0.1) is 5.82 Å². The number of nitrogens with zero attached hydrogens (tertiary/aromatic N) is 3. The van der Waals surface area contributed by atoms with Crippen LogP contribution in [0.25, 0.3) is 0 Å². The Kier molecular flexibility index (Phi) is 5.31. The molecular weight excluding hydrogens is 293 g/mol. The molecule has 1 heterocycles. The van der Waals surface area contributed by atoms with Crippen LogP contribution in [0.5, 0.6) is 0 Å². The fourth-order valence-electron chi connectivity index (χ4n) is 2.54. The second-order valence-electron chi connectivity index (χ2n) is 4.95. The molecule has 0 saturated heterocycles. The highest BCUT2D eigenvalue weighted by atomic mass is 35.5. The van der Waals surface area contributed by atoms with Gasteiger partial charge < -0.3 is 5.11 Å². The van der Waals surface area contributed by atoms with Gasteiger partial charge in [0.15, 0.2) is 0 Å². The Morgan fingerprint density at radius 3 is 2.62 bits per heavy atom. The van der Waals surface area contributed by atoms with Gasteiger partial charge in [0.25, 0.3) is 0 Å². The highest BCUT2D eigenvalue weighted by molar-refractivity contribution is 6.31. The van der Waals surface area contributed by atoms with E-state index < -0.39 is 0 Å². The SMILES string of the molecule is CCC(CC)c1c(CO)nnn1Cc1c(F)cccc1Cl. The largest absolute Gasteiger partial charge is 0.390 e. The smallest absolute Gasteiger partial charge is 0.129 e. The van der Waals surface area contributed by atoms with E-state index in [2.05, 4.69) is 24.2 Å². The number of halogens is 2. The molecule has 0 saturated carbocycles. The molecule has 6 heteroatoms. The molecule has 0 radical (unpaired) electrons. The minimum Gasteiger partial charge on any atom is -0.390 e. The van der Waals surface area contributed by atoms with E-state index in [1.807, 2.05) is 0 Å². The van der Waals surface area contributed by atoms with Crippen LogP contribution in [0.4, 0.5) is 4.39 Å². The maximum Gasteiger partial charge on any atom is 0.129 e. The highest BCUT2D eigenvalue weighted by Gasteiger charge is 2.21. The van der Waals surface area contributed by atoms with Crippen LogP contribution >= 0.6 is 11.6 Å². The topological polar surface area (TPSA) is 50.9 Å². The standard InChI is InChI=1S/C15H19ClFN3O/c1-3-10(4-2)15-14(9-21)18-19-20(15)8-11-12(16)6-5-7-13(11)17/h5-7,10,21H,3-4,8-9H2,1-2H3. The lowest BCUT2D eigenvalue weighted by atomic mass is 9.97. The predicted molar refractivity (Wildman–Crippen MR) is 79.8 cm³/mol. The molecule has 0 bridgehead atoms. The first-order chi connectivity index (χ1) is 10.1. The molecule has 0 aliphatic carbocycles. The van der Waals surface area contributed by atoms with Crippen molar-refractivity contribution in [2.45, 2.75) is 45.8 Å². The summed E-state index contributed by atoms with van der Waals surface area (Å²) < 4.78 is 15.6. The summed E-state index contributed by atoms with van der Waals surface area (Å²) in [6.45, 7) is 4.19. The van der Waals surface area contributed by atoms with E-state index in [0.29, 0.717) is 16.3 Å². The van der Waals surface area contributed by atoms with E-state index in [4.69, 9.17) is 11.6 Å². The number of hydrogen-bond acceptors (Lipinski definition) is 3. The van der Waals surface area contributed by atoms with Crippen LogP contribution in [-0.2, 0) is 13.2 Å². The van der Waals surface area contributed by atoms with Crippen molar-refractivity contribution in [1.82, 2.24) is 15.0 Å². The molecule has 0 aliphatic rings. The molecule has 2 rings (SSSR count). The highest BCUT2D eigenvalue weighted by Crippen LogP contribution is 2.27. The van der Waals surface area contributed by atoms with Gasteiger partial charge in [0.2, 0.25) is 0 Å². The molecule has 114 valence electrons. The van der Waals surface area contributed by atoms with Gasteiger partial charge in [-0.15, -0.1) is 5.10 Å². The van der Waals surface area contributed by atoms with Crippen LogP contribution in [0.3, 0.4) is 0 Å². The van der Waals surface area contributed by atoms with Crippen molar-refractivity contribution in [3.05, 3.63) is 46.0 Å². The van der Waals surface area contributed by atoms with Crippen molar-refractivity contribution in [2.75, 3.05) is 0 Å². The van der Waals surface area contributed by atoms with Crippen molar-refractivity contribution in [3.8, 4) is 0 Å². The number of aliphatic hydroxyl groups is 1. The van der Waals surface area contributed by atoms with Gasteiger partial charge in [0.05, 0.1) is 18.8 Å². The minimum atomic E-state index is -0.362. The van der Waals surface area contributed by atoms with Crippen molar-refractivity contribution in [2.24, 2.45) is 0 Å². The molecule has 0 atom stereocenters. The number of benzene rings is 1. The summed E-state index contributed by atoms with van der Waals surface area (Å²) in [5.74, 6) is -0.133. The van der Waals surface area contributed by atoms with Gasteiger partial charge in [0, 0.05) is 16.5 Å². The molecule has 1 aromatic heterocycles. The maximum absolute atomic E-state index is 13.9. The van der Waals surface area contributed by atoms with Crippen LogP contribution in [0.15, 0.2) is 18.2 Å². The predicted octanol–water partition coefficient (Wildman–Crippen LogP) is 3.51. The molecule has 0 unspecified atom stereocenters. The van der Waals surface area contributed by atoms with Gasteiger partial charge >= 0.3 is 0 Å². The zero-order valence-electron chi connectivity index (χ0n) is 12.2. The molecule has 0 fully saturated rings. The van der Waals surface area contributed by atoms with Crippen LogP contribution in [-0.4, -0.2) is 20.1 Å². The third-order valence-electron chi connectivity index (χ3n) is 3.74. The van der Waals surface area contributed by atoms with Gasteiger partial charge in [-0.2, -0.15) is 0 Å². The third-order valence-corrected chi connectivity index (χ3v) is 4.09. The summed E-state index contributed by atoms with van der Waals surface area (Å²) in [6.07, 6.45) is 1.81. The van der Waals surface area contributed by atoms with Gasteiger partial charge in [-0.25, -0.2) is 9.07 Å². The fourth-order valence-corrected chi connectivity index (χ4v) is 2.76. The van der Waals surface area contributed by atoms with E-state index >= 15 is 0 Å². The summed E-state index contributed by atoms with van der Waals surface area (Å²) in [6, 6.07) is 4.60. The van der Waals surface area contributed by atoms with Crippen molar-refractivity contribution >= 4 is 11.6 Å². The lowest BCUT2D eigenvalue weighted by Gasteiger charge is -2.16. The van der Waals surface area contributed by atoms with E-state index in [1.54, 1.807) is 16.8 Å². The Hall–Kier alpha value is -1.46. The second kappa shape index (κ2) is 7.00. The molecule has 0 spiro atoms. The average Bonchev–Trinajstić information content (AvgIpc) is 2.87. The first-order valence-electron chi connectivity index (χ1n) is 7.08. The van der Waals surface area contributed by atoms with Gasteiger partial charge in [-0.05, 0) is 25.0 Å². The Balaban J connectivity index is 2.43. The summed E-state index contributed by atoms with van der Waals surface area (Å²) >= 11 is 6.07.